The molecule has 88 valence electrons. The molecule has 1 fully saturated rings. The summed E-state index contributed by atoms with van der Waals surface area (Å²) in [4.78, 5) is 2.45. The number of rotatable bonds is 4. The summed E-state index contributed by atoms with van der Waals surface area (Å²) in [5, 5.41) is 0. The molecular weight excluding hydrogens is 196 g/mol. The fourth-order valence-corrected chi connectivity index (χ4v) is 2.33. The van der Waals surface area contributed by atoms with Crippen LogP contribution in [0.25, 0.3) is 0 Å². The van der Waals surface area contributed by atoms with Gasteiger partial charge in [0, 0.05) is 18.1 Å². The van der Waals surface area contributed by atoms with Crippen LogP contribution in [0.3, 0.4) is 0 Å². The molecule has 2 nitrogen and oxygen atoms in total. The maximum Gasteiger partial charge on any atom is 0.0450 e. The molecule has 1 aliphatic rings. The molecule has 2 N–H and O–H groups in total. The highest BCUT2D eigenvalue weighted by Crippen LogP contribution is 2.28. The van der Waals surface area contributed by atoms with Crippen molar-refractivity contribution in [1.82, 2.24) is 4.90 Å². The van der Waals surface area contributed by atoms with Crippen molar-refractivity contribution in [2.24, 2.45) is 5.73 Å². The maximum atomic E-state index is 6.31. The second-order valence-corrected chi connectivity index (χ2v) is 4.93. The molecule has 1 saturated carbocycles. The minimum absolute atomic E-state index is 0.117. The highest BCUT2D eigenvalue weighted by atomic mass is 15.2. The van der Waals surface area contributed by atoms with Crippen LogP contribution in [0.1, 0.15) is 37.8 Å². The van der Waals surface area contributed by atoms with Crippen LogP contribution in [0.2, 0.25) is 0 Å². The fourth-order valence-electron chi connectivity index (χ4n) is 2.33. The number of hydrogen-bond donors (Lipinski definition) is 1. The van der Waals surface area contributed by atoms with Crippen LogP contribution in [0.4, 0.5) is 0 Å². The lowest BCUT2D eigenvalue weighted by Gasteiger charge is -2.40. The summed E-state index contributed by atoms with van der Waals surface area (Å²) in [6.45, 7) is 2.23. The van der Waals surface area contributed by atoms with E-state index in [-0.39, 0.29) is 6.04 Å². The molecule has 0 radical (unpaired) electrons. The van der Waals surface area contributed by atoms with Gasteiger partial charge in [0.15, 0.2) is 0 Å². The first kappa shape index (κ1) is 11.6. The zero-order valence-corrected chi connectivity index (χ0v) is 10.3. The van der Waals surface area contributed by atoms with Gasteiger partial charge < -0.3 is 5.73 Å². The van der Waals surface area contributed by atoms with Gasteiger partial charge >= 0.3 is 0 Å². The molecule has 0 aliphatic heterocycles. The molecule has 1 aromatic rings. The van der Waals surface area contributed by atoms with Crippen molar-refractivity contribution < 1.29 is 0 Å². The molecule has 0 spiro atoms. The Morgan fingerprint density at radius 1 is 1.25 bits per heavy atom. The van der Waals surface area contributed by atoms with Gasteiger partial charge in [0.1, 0.15) is 0 Å². The number of benzene rings is 1. The predicted molar refractivity (Wildman–Crippen MR) is 68.2 cm³/mol. The summed E-state index contributed by atoms with van der Waals surface area (Å²) in [7, 11) is 2.21. The van der Waals surface area contributed by atoms with Crippen LogP contribution in [-0.4, -0.2) is 24.0 Å². The van der Waals surface area contributed by atoms with Crippen molar-refractivity contribution in [1.29, 1.82) is 0 Å². The zero-order valence-electron chi connectivity index (χ0n) is 10.3. The zero-order chi connectivity index (χ0) is 11.5. The standard InChI is InChI=1S/C14H22N2/c1-11(16(2)13-9-6-10-13)14(15)12-7-4-3-5-8-12/h3-5,7-8,11,13-14H,6,9-10,15H2,1-2H3. The summed E-state index contributed by atoms with van der Waals surface area (Å²) in [6, 6.07) is 11.7. The highest BCUT2D eigenvalue weighted by molar-refractivity contribution is 5.20. The van der Waals surface area contributed by atoms with Crippen molar-refractivity contribution in [3.8, 4) is 0 Å². The topological polar surface area (TPSA) is 29.3 Å². The van der Waals surface area contributed by atoms with Crippen LogP contribution < -0.4 is 5.73 Å². The van der Waals surface area contributed by atoms with Gasteiger partial charge in [-0.1, -0.05) is 36.8 Å². The third-order valence-electron chi connectivity index (χ3n) is 4.00. The van der Waals surface area contributed by atoms with E-state index in [0.717, 1.165) is 6.04 Å². The third-order valence-corrected chi connectivity index (χ3v) is 4.00. The van der Waals surface area contributed by atoms with Crippen LogP contribution in [0, 0.1) is 0 Å². The molecule has 2 atom stereocenters. The lowest BCUT2D eigenvalue weighted by Crippen LogP contribution is -2.47. The second-order valence-electron chi connectivity index (χ2n) is 4.93. The van der Waals surface area contributed by atoms with Gasteiger partial charge in [0.25, 0.3) is 0 Å². The maximum absolute atomic E-state index is 6.31. The van der Waals surface area contributed by atoms with Gasteiger partial charge in [-0.3, -0.25) is 4.90 Å². The quantitative estimate of drug-likeness (QED) is 0.841. The Balaban J connectivity index is 2.00. The van der Waals surface area contributed by atoms with Gasteiger partial charge in [-0.25, -0.2) is 0 Å². The monoisotopic (exact) mass is 218 g/mol. The fraction of sp³-hybridized carbons (Fsp3) is 0.571. The van der Waals surface area contributed by atoms with E-state index >= 15 is 0 Å². The van der Waals surface area contributed by atoms with E-state index < -0.39 is 0 Å². The SMILES string of the molecule is CC(C(N)c1ccccc1)N(C)C1CCC1. The Morgan fingerprint density at radius 3 is 2.38 bits per heavy atom. The summed E-state index contributed by atoms with van der Waals surface area (Å²) >= 11 is 0. The van der Waals surface area contributed by atoms with E-state index in [4.69, 9.17) is 5.73 Å². The van der Waals surface area contributed by atoms with Gasteiger partial charge in [0.05, 0.1) is 0 Å². The molecule has 0 aromatic heterocycles. The summed E-state index contributed by atoms with van der Waals surface area (Å²) in [5.74, 6) is 0. The largest absolute Gasteiger partial charge is 0.323 e. The second kappa shape index (κ2) is 4.98. The lowest BCUT2D eigenvalue weighted by atomic mass is 9.89. The molecule has 16 heavy (non-hydrogen) atoms. The minimum atomic E-state index is 0.117. The first-order valence-electron chi connectivity index (χ1n) is 6.22. The highest BCUT2D eigenvalue weighted by Gasteiger charge is 2.28. The molecule has 0 saturated heterocycles. The molecule has 2 heteroatoms. The van der Waals surface area contributed by atoms with Crippen LogP contribution >= 0.6 is 0 Å². The number of nitrogens with zero attached hydrogens (tertiary/aromatic N) is 1. The Labute approximate surface area is 98.4 Å². The molecule has 2 rings (SSSR count). The van der Waals surface area contributed by atoms with Gasteiger partial charge in [-0.05, 0) is 32.4 Å². The van der Waals surface area contributed by atoms with E-state index in [1.165, 1.54) is 24.8 Å². The summed E-state index contributed by atoms with van der Waals surface area (Å²) in [5.41, 5.74) is 7.55. The van der Waals surface area contributed by atoms with Crippen molar-refractivity contribution in [2.75, 3.05) is 7.05 Å². The molecule has 0 bridgehead atoms. The van der Waals surface area contributed by atoms with E-state index in [9.17, 15) is 0 Å². The average Bonchev–Trinajstić information content (AvgIpc) is 2.26. The predicted octanol–water partition coefficient (Wildman–Crippen LogP) is 2.56. The minimum Gasteiger partial charge on any atom is -0.323 e. The lowest BCUT2D eigenvalue weighted by molar-refractivity contribution is 0.104. The first-order chi connectivity index (χ1) is 7.70. The Morgan fingerprint density at radius 2 is 1.88 bits per heavy atom. The smallest absolute Gasteiger partial charge is 0.0450 e. The van der Waals surface area contributed by atoms with E-state index in [1.807, 2.05) is 6.07 Å². The van der Waals surface area contributed by atoms with Crippen molar-refractivity contribution in [3.63, 3.8) is 0 Å². The van der Waals surface area contributed by atoms with Crippen LogP contribution in [0.15, 0.2) is 30.3 Å². The molecule has 2 unspecified atom stereocenters. The molecule has 1 aliphatic carbocycles. The first-order valence-corrected chi connectivity index (χ1v) is 6.22. The van der Waals surface area contributed by atoms with Gasteiger partial charge in [-0.15, -0.1) is 0 Å². The number of likely N-dealkylation sites (N-methyl/N-ethyl adjacent to an activating group) is 1. The van der Waals surface area contributed by atoms with Crippen LogP contribution in [-0.2, 0) is 0 Å². The summed E-state index contributed by atoms with van der Waals surface area (Å²) in [6.07, 6.45) is 4.05. The average molecular weight is 218 g/mol. The Hall–Kier alpha value is -0.860. The molecule has 0 amide bonds. The van der Waals surface area contributed by atoms with E-state index in [1.54, 1.807) is 0 Å². The van der Waals surface area contributed by atoms with Gasteiger partial charge in [-0.2, -0.15) is 0 Å². The van der Waals surface area contributed by atoms with Crippen molar-refractivity contribution >= 4 is 0 Å². The van der Waals surface area contributed by atoms with E-state index in [0.29, 0.717) is 6.04 Å². The van der Waals surface area contributed by atoms with Crippen molar-refractivity contribution in [2.45, 2.75) is 44.3 Å². The molecule has 1 aromatic carbocycles. The van der Waals surface area contributed by atoms with Crippen molar-refractivity contribution in [3.05, 3.63) is 35.9 Å². The third kappa shape index (κ3) is 2.28. The van der Waals surface area contributed by atoms with E-state index in [2.05, 4.69) is 43.1 Å². The number of hydrogen-bond acceptors (Lipinski definition) is 2. The number of nitrogens with two attached hydrogens (primary N) is 1. The Kier molecular flexibility index (Phi) is 3.62. The molecule has 0 heterocycles. The van der Waals surface area contributed by atoms with Gasteiger partial charge in [0.2, 0.25) is 0 Å². The normalized spacial score (nSPS) is 20.5. The summed E-state index contributed by atoms with van der Waals surface area (Å²) < 4.78 is 0. The van der Waals surface area contributed by atoms with Crippen LogP contribution in [0.5, 0.6) is 0 Å². The Bertz CT molecular complexity index is 319. The molecular formula is C14H22N2.